The van der Waals surface area contributed by atoms with E-state index in [1.165, 1.54) is 0 Å². The highest BCUT2D eigenvalue weighted by Gasteiger charge is 2.21. The third-order valence-corrected chi connectivity index (χ3v) is 4.31. The zero-order chi connectivity index (χ0) is 19.5. The second-order valence-electron chi connectivity index (χ2n) is 6.58. The molecule has 5 nitrogen and oxygen atoms in total. The second kappa shape index (κ2) is 11.1. The van der Waals surface area contributed by atoms with Crippen molar-refractivity contribution in [1.82, 2.24) is 10.6 Å². The Morgan fingerprint density at radius 3 is 2.37 bits per heavy atom. The summed E-state index contributed by atoms with van der Waals surface area (Å²) in [7, 11) is 0. The molecule has 2 aromatic rings. The molecule has 0 bridgehead atoms. The average molecular weight is 368 g/mol. The van der Waals surface area contributed by atoms with Crippen LogP contribution in [0.1, 0.15) is 42.1 Å². The highest BCUT2D eigenvalue weighted by Crippen LogP contribution is 2.13. The molecule has 27 heavy (non-hydrogen) atoms. The summed E-state index contributed by atoms with van der Waals surface area (Å²) < 4.78 is 0. The number of carbonyl (C=O) groups is 2. The molecule has 0 saturated heterocycles. The number of phenolic OH excluding ortho intramolecular Hbond substituents is 1. The minimum absolute atomic E-state index is 0.0191. The number of amides is 1. The quantitative estimate of drug-likeness (QED) is 0.533. The van der Waals surface area contributed by atoms with E-state index in [1.807, 2.05) is 6.07 Å². The van der Waals surface area contributed by atoms with Gasteiger partial charge in [-0.1, -0.05) is 37.3 Å². The largest absolute Gasteiger partial charge is 0.508 e. The lowest BCUT2D eigenvalue weighted by atomic mass is 9.99. The zero-order valence-electron chi connectivity index (χ0n) is 15.8. The van der Waals surface area contributed by atoms with Crippen molar-refractivity contribution in [3.63, 3.8) is 0 Å². The first-order chi connectivity index (χ1) is 13.1. The maximum atomic E-state index is 12.7. The van der Waals surface area contributed by atoms with Gasteiger partial charge in [0.15, 0.2) is 5.78 Å². The van der Waals surface area contributed by atoms with Crippen LogP contribution >= 0.6 is 0 Å². The summed E-state index contributed by atoms with van der Waals surface area (Å²) in [4.78, 5) is 25.2. The third-order valence-electron chi connectivity index (χ3n) is 4.31. The molecule has 2 rings (SSSR count). The second-order valence-corrected chi connectivity index (χ2v) is 6.58. The Morgan fingerprint density at radius 1 is 1.00 bits per heavy atom. The summed E-state index contributed by atoms with van der Waals surface area (Å²) in [6, 6.07) is 15.0. The average Bonchev–Trinajstić information content (AvgIpc) is 2.69. The van der Waals surface area contributed by atoms with E-state index in [4.69, 9.17) is 0 Å². The SMILES string of the molecule is CCCNCCCC(=O)C(Cc1ccc(O)cc1)NC(=O)c1ccccc1. The number of Topliss-reactive ketones (excluding diaryl/α,β-unsaturated/α-hetero) is 1. The van der Waals surface area contributed by atoms with Crippen LogP contribution in [-0.2, 0) is 11.2 Å². The van der Waals surface area contributed by atoms with Crippen LogP contribution in [0, 0.1) is 0 Å². The van der Waals surface area contributed by atoms with Crippen LogP contribution in [0.25, 0.3) is 0 Å². The summed E-state index contributed by atoms with van der Waals surface area (Å²) >= 11 is 0. The Hall–Kier alpha value is -2.66. The van der Waals surface area contributed by atoms with Gasteiger partial charge in [-0.05, 0) is 62.2 Å². The first-order valence-electron chi connectivity index (χ1n) is 9.47. The molecule has 0 aliphatic heterocycles. The third kappa shape index (κ3) is 7.23. The van der Waals surface area contributed by atoms with E-state index >= 15 is 0 Å². The number of ketones is 1. The fraction of sp³-hybridized carbons (Fsp3) is 0.364. The minimum atomic E-state index is -0.589. The fourth-order valence-electron chi connectivity index (χ4n) is 2.81. The van der Waals surface area contributed by atoms with Crippen LogP contribution in [0.2, 0.25) is 0 Å². The molecule has 0 spiro atoms. The van der Waals surface area contributed by atoms with E-state index in [2.05, 4.69) is 17.6 Å². The normalized spacial score (nSPS) is 11.7. The van der Waals surface area contributed by atoms with E-state index in [9.17, 15) is 14.7 Å². The lowest BCUT2D eigenvalue weighted by molar-refractivity contribution is -0.121. The van der Waals surface area contributed by atoms with Gasteiger partial charge in [0.25, 0.3) is 5.91 Å². The maximum absolute atomic E-state index is 12.7. The highest BCUT2D eigenvalue weighted by molar-refractivity contribution is 5.98. The van der Waals surface area contributed by atoms with Gasteiger partial charge in [-0.15, -0.1) is 0 Å². The first kappa shape index (κ1) is 20.6. The number of nitrogens with one attached hydrogen (secondary N) is 2. The van der Waals surface area contributed by atoms with Gasteiger partial charge in [0.2, 0.25) is 0 Å². The number of phenols is 1. The van der Waals surface area contributed by atoms with Gasteiger partial charge < -0.3 is 15.7 Å². The standard InChI is InChI=1S/C22H28N2O3/c1-2-14-23-15-6-9-21(26)20(16-17-10-12-19(25)13-11-17)24-22(27)18-7-4-3-5-8-18/h3-5,7-8,10-13,20,23,25H,2,6,9,14-16H2,1H3,(H,24,27). The van der Waals surface area contributed by atoms with E-state index < -0.39 is 6.04 Å². The molecule has 2 aromatic carbocycles. The van der Waals surface area contributed by atoms with Gasteiger partial charge in [-0.2, -0.15) is 0 Å². The Balaban J connectivity index is 2.01. The van der Waals surface area contributed by atoms with E-state index in [-0.39, 0.29) is 17.4 Å². The van der Waals surface area contributed by atoms with Crippen LogP contribution in [0.3, 0.4) is 0 Å². The summed E-state index contributed by atoms with van der Waals surface area (Å²) in [5, 5.41) is 15.6. The van der Waals surface area contributed by atoms with Crippen LogP contribution in [0.15, 0.2) is 54.6 Å². The molecule has 0 aromatic heterocycles. The van der Waals surface area contributed by atoms with Gasteiger partial charge in [0.1, 0.15) is 5.75 Å². The molecule has 144 valence electrons. The molecule has 1 atom stereocenters. The number of benzene rings is 2. The molecular weight excluding hydrogens is 340 g/mol. The predicted octanol–water partition coefficient (Wildman–Crippen LogP) is 3.08. The van der Waals surface area contributed by atoms with Crippen molar-refractivity contribution in [1.29, 1.82) is 0 Å². The molecule has 1 unspecified atom stereocenters. The molecule has 0 fully saturated rings. The van der Waals surface area contributed by atoms with Gasteiger partial charge in [-0.25, -0.2) is 0 Å². The van der Waals surface area contributed by atoms with Crippen molar-refractivity contribution in [3.8, 4) is 5.75 Å². The molecule has 3 N–H and O–H groups in total. The predicted molar refractivity (Wildman–Crippen MR) is 107 cm³/mol. The van der Waals surface area contributed by atoms with Gasteiger partial charge in [-0.3, -0.25) is 9.59 Å². The van der Waals surface area contributed by atoms with Gasteiger partial charge in [0.05, 0.1) is 6.04 Å². The van der Waals surface area contributed by atoms with Crippen LogP contribution < -0.4 is 10.6 Å². The first-order valence-corrected chi connectivity index (χ1v) is 9.47. The number of carbonyl (C=O) groups excluding carboxylic acids is 2. The summed E-state index contributed by atoms with van der Waals surface area (Å²) in [5.74, 6) is -0.0561. The molecular formula is C22H28N2O3. The lowest BCUT2D eigenvalue weighted by Gasteiger charge is -2.18. The smallest absolute Gasteiger partial charge is 0.251 e. The van der Waals surface area contributed by atoms with Crippen molar-refractivity contribution in [2.45, 2.75) is 38.6 Å². The number of hydrogen-bond donors (Lipinski definition) is 3. The van der Waals surface area contributed by atoms with Crippen molar-refractivity contribution < 1.29 is 14.7 Å². The molecule has 0 aliphatic carbocycles. The van der Waals surface area contributed by atoms with Crippen LogP contribution in [0.5, 0.6) is 5.75 Å². The summed E-state index contributed by atoms with van der Waals surface area (Å²) in [6.45, 7) is 3.83. The van der Waals surface area contributed by atoms with Gasteiger partial charge in [0, 0.05) is 12.0 Å². The topological polar surface area (TPSA) is 78.4 Å². The van der Waals surface area contributed by atoms with E-state index in [0.717, 1.165) is 31.5 Å². The Kier molecular flexibility index (Phi) is 8.52. The highest BCUT2D eigenvalue weighted by atomic mass is 16.3. The molecule has 5 heteroatoms. The number of rotatable bonds is 11. The Bertz CT molecular complexity index is 714. The zero-order valence-corrected chi connectivity index (χ0v) is 15.8. The van der Waals surface area contributed by atoms with E-state index in [0.29, 0.717) is 18.4 Å². The summed E-state index contributed by atoms with van der Waals surface area (Å²) in [5.41, 5.74) is 1.43. The maximum Gasteiger partial charge on any atom is 0.251 e. The summed E-state index contributed by atoms with van der Waals surface area (Å²) in [6.07, 6.45) is 2.62. The molecule has 0 radical (unpaired) electrons. The minimum Gasteiger partial charge on any atom is -0.508 e. The molecule has 0 saturated carbocycles. The molecule has 0 heterocycles. The van der Waals surface area contributed by atoms with Crippen molar-refractivity contribution in [2.75, 3.05) is 13.1 Å². The monoisotopic (exact) mass is 368 g/mol. The van der Waals surface area contributed by atoms with Gasteiger partial charge >= 0.3 is 0 Å². The van der Waals surface area contributed by atoms with Crippen LogP contribution in [0.4, 0.5) is 0 Å². The molecule has 0 aliphatic rings. The van der Waals surface area contributed by atoms with Crippen molar-refractivity contribution in [2.24, 2.45) is 0 Å². The Labute approximate surface area is 160 Å². The lowest BCUT2D eigenvalue weighted by Crippen LogP contribution is -2.42. The van der Waals surface area contributed by atoms with Crippen LogP contribution in [-0.4, -0.2) is 35.9 Å². The number of hydrogen-bond acceptors (Lipinski definition) is 4. The van der Waals surface area contributed by atoms with Crippen molar-refractivity contribution >= 4 is 11.7 Å². The molecule has 1 amide bonds. The number of aromatic hydroxyl groups is 1. The van der Waals surface area contributed by atoms with E-state index in [1.54, 1.807) is 48.5 Å². The van der Waals surface area contributed by atoms with Crippen molar-refractivity contribution in [3.05, 3.63) is 65.7 Å². The Morgan fingerprint density at radius 2 is 1.70 bits per heavy atom. The fourth-order valence-corrected chi connectivity index (χ4v) is 2.81.